The van der Waals surface area contributed by atoms with Gasteiger partial charge in [0.15, 0.2) is 11.5 Å². The van der Waals surface area contributed by atoms with Gasteiger partial charge in [0.25, 0.3) is 0 Å². The number of carbonyl (C=O) groups is 1. The number of fused-ring (bicyclic) bond motifs is 1. The van der Waals surface area contributed by atoms with E-state index in [1.54, 1.807) is 24.5 Å². The molecule has 0 aliphatic carbocycles. The fraction of sp³-hybridized carbons (Fsp3) is 0.0952. The number of imidazole rings is 1. The van der Waals surface area contributed by atoms with Crippen molar-refractivity contribution in [1.29, 1.82) is 0 Å². The minimum absolute atomic E-state index is 0.458. The van der Waals surface area contributed by atoms with Gasteiger partial charge in [-0.1, -0.05) is 18.2 Å². The average molecular weight is 372 g/mol. The van der Waals surface area contributed by atoms with Crippen LogP contribution in [0.2, 0.25) is 0 Å². The number of benzene rings is 2. The summed E-state index contributed by atoms with van der Waals surface area (Å²) in [5.41, 5.74) is 10.3. The van der Waals surface area contributed by atoms with Gasteiger partial charge in [0.1, 0.15) is 0 Å². The van der Waals surface area contributed by atoms with Crippen molar-refractivity contribution in [1.82, 2.24) is 14.4 Å². The molecule has 0 bridgehead atoms. The number of amides is 1. The molecule has 0 unspecified atom stereocenters. The van der Waals surface area contributed by atoms with Crippen LogP contribution in [0.4, 0.5) is 17.2 Å². The summed E-state index contributed by atoms with van der Waals surface area (Å²) in [7, 11) is 4.00. The molecular weight excluding hydrogens is 352 g/mol. The predicted molar refractivity (Wildman–Crippen MR) is 111 cm³/mol. The van der Waals surface area contributed by atoms with E-state index in [0.717, 1.165) is 22.6 Å². The van der Waals surface area contributed by atoms with Gasteiger partial charge in [-0.25, -0.2) is 9.97 Å². The summed E-state index contributed by atoms with van der Waals surface area (Å²) in [5, 5.41) is 3.34. The van der Waals surface area contributed by atoms with Crippen LogP contribution in [0.5, 0.6) is 0 Å². The van der Waals surface area contributed by atoms with Crippen LogP contribution in [0, 0.1) is 0 Å². The first-order valence-electron chi connectivity index (χ1n) is 8.79. The van der Waals surface area contributed by atoms with E-state index in [0.29, 0.717) is 17.0 Å². The van der Waals surface area contributed by atoms with Crippen molar-refractivity contribution in [2.75, 3.05) is 24.3 Å². The molecule has 4 rings (SSSR count). The Morgan fingerprint density at radius 1 is 1.11 bits per heavy atom. The molecule has 28 heavy (non-hydrogen) atoms. The van der Waals surface area contributed by atoms with Gasteiger partial charge >= 0.3 is 0 Å². The van der Waals surface area contributed by atoms with Crippen molar-refractivity contribution in [3.63, 3.8) is 0 Å². The summed E-state index contributed by atoms with van der Waals surface area (Å²) in [6, 6.07) is 15.2. The Bertz CT molecular complexity index is 1160. The molecule has 2 aromatic heterocycles. The lowest BCUT2D eigenvalue weighted by molar-refractivity contribution is 0.100. The number of aromatic nitrogens is 3. The van der Waals surface area contributed by atoms with Crippen molar-refractivity contribution in [2.24, 2.45) is 5.73 Å². The summed E-state index contributed by atoms with van der Waals surface area (Å²) < 4.78 is 1.94. The van der Waals surface area contributed by atoms with E-state index in [2.05, 4.69) is 15.3 Å². The summed E-state index contributed by atoms with van der Waals surface area (Å²) in [6.45, 7) is 0. The summed E-state index contributed by atoms with van der Waals surface area (Å²) >= 11 is 0. The predicted octanol–water partition coefficient (Wildman–Crippen LogP) is 3.30. The van der Waals surface area contributed by atoms with Crippen molar-refractivity contribution in [3.05, 3.63) is 72.7 Å². The summed E-state index contributed by atoms with van der Waals surface area (Å²) in [4.78, 5) is 22.5. The van der Waals surface area contributed by atoms with E-state index in [9.17, 15) is 4.79 Å². The molecule has 0 aliphatic rings. The van der Waals surface area contributed by atoms with Crippen molar-refractivity contribution >= 4 is 28.7 Å². The number of rotatable bonds is 5. The monoisotopic (exact) mass is 372 g/mol. The molecule has 140 valence electrons. The molecule has 0 saturated heterocycles. The highest BCUT2D eigenvalue weighted by atomic mass is 16.1. The number of hydrogen-bond acceptors (Lipinski definition) is 5. The maximum Gasteiger partial charge on any atom is 0.248 e. The highest BCUT2D eigenvalue weighted by molar-refractivity contribution is 5.94. The minimum atomic E-state index is -0.458. The van der Waals surface area contributed by atoms with Gasteiger partial charge in [-0.15, -0.1) is 0 Å². The van der Waals surface area contributed by atoms with E-state index in [-0.39, 0.29) is 0 Å². The van der Waals surface area contributed by atoms with Crippen LogP contribution in [0.15, 0.2) is 67.1 Å². The normalized spacial score (nSPS) is 10.8. The Morgan fingerprint density at radius 2 is 1.93 bits per heavy atom. The topological polar surface area (TPSA) is 88.5 Å². The van der Waals surface area contributed by atoms with Crippen LogP contribution in [0.25, 0.3) is 16.9 Å². The molecule has 0 fully saturated rings. The smallest absolute Gasteiger partial charge is 0.248 e. The summed E-state index contributed by atoms with van der Waals surface area (Å²) in [5.74, 6) is 0.191. The van der Waals surface area contributed by atoms with Gasteiger partial charge in [-0.05, 0) is 30.3 Å². The molecule has 7 nitrogen and oxygen atoms in total. The molecule has 0 saturated carbocycles. The summed E-state index contributed by atoms with van der Waals surface area (Å²) in [6.07, 6.45) is 5.32. The van der Waals surface area contributed by atoms with Gasteiger partial charge in [-0.3, -0.25) is 9.20 Å². The van der Waals surface area contributed by atoms with E-state index >= 15 is 0 Å². The van der Waals surface area contributed by atoms with Gasteiger partial charge in [0, 0.05) is 49.0 Å². The Hall–Kier alpha value is -3.87. The molecule has 2 aromatic carbocycles. The van der Waals surface area contributed by atoms with E-state index < -0.39 is 5.91 Å². The number of primary amides is 1. The molecule has 0 radical (unpaired) electrons. The average Bonchev–Trinajstić information content (AvgIpc) is 3.13. The van der Waals surface area contributed by atoms with Crippen LogP contribution >= 0.6 is 0 Å². The number of hydrogen-bond donors (Lipinski definition) is 2. The second kappa shape index (κ2) is 7.03. The lowest BCUT2D eigenvalue weighted by atomic mass is 10.1. The van der Waals surface area contributed by atoms with Crippen LogP contribution in [-0.2, 0) is 0 Å². The highest BCUT2D eigenvalue weighted by Crippen LogP contribution is 2.26. The minimum Gasteiger partial charge on any atom is -0.378 e. The van der Waals surface area contributed by atoms with Gasteiger partial charge in [-0.2, -0.15) is 0 Å². The fourth-order valence-corrected chi connectivity index (χ4v) is 3.05. The van der Waals surface area contributed by atoms with Crippen molar-refractivity contribution in [3.8, 4) is 11.3 Å². The van der Waals surface area contributed by atoms with Gasteiger partial charge < -0.3 is 16.0 Å². The first-order valence-corrected chi connectivity index (χ1v) is 8.79. The van der Waals surface area contributed by atoms with Crippen LogP contribution in [0.1, 0.15) is 10.4 Å². The van der Waals surface area contributed by atoms with Crippen LogP contribution in [-0.4, -0.2) is 34.4 Å². The molecule has 4 aromatic rings. The maximum atomic E-state index is 11.5. The Kier molecular flexibility index (Phi) is 4.41. The first-order chi connectivity index (χ1) is 13.5. The highest BCUT2D eigenvalue weighted by Gasteiger charge is 2.12. The van der Waals surface area contributed by atoms with Crippen LogP contribution < -0.4 is 16.0 Å². The SMILES string of the molecule is CN(C)c1cccc(Nc2nccn3c(-c4cccc(C(N)=O)c4)cnc23)c1. The standard InChI is InChI=1S/C21H20N6O/c1-26(2)17-8-4-7-16(12-17)25-20-21-24-13-18(27(21)10-9-23-20)14-5-3-6-15(11-14)19(22)28/h3-13H,1-2H3,(H2,22,28)(H,23,25). The molecule has 1 amide bonds. The second-order valence-corrected chi connectivity index (χ2v) is 6.63. The molecule has 3 N–H and O–H groups in total. The van der Waals surface area contributed by atoms with E-state index in [1.165, 1.54) is 0 Å². The van der Waals surface area contributed by atoms with Gasteiger partial charge in [0.2, 0.25) is 5.91 Å². The Labute approximate surface area is 162 Å². The second-order valence-electron chi connectivity index (χ2n) is 6.63. The first kappa shape index (κ1) is 17.5. The lowest BCUT2D eigenvalue weighted by Crippen LogP contribution is -2.10. The Morgan fingerprint density at radius 3 is 2.71 bits per heavy atom. The molecule has 0 aliphatic heterocycles. The number of nitrogens with one attached hydrogen (secondary N) is 1. The number of carbonyl (C=O) groups excluding carboxylic acids is 1. The zero-order valence-electron chi connectivity index (χ0n) is 15.6. The number of nitrogens with two attached hydrogens (primary N) is 1. The maximum absolute atomic E-state index is 11.5. The largest absolute Gasteiger partial charge is 0.378 e. The van der Waals surface area contributed by atoms with Crippen molar-refractivity contribution in [2.45, 2.75) is 0 Å². The lowest BCUT2D eigenvalue weighted by Gasteiger charge is -2.14. The third kappa shape index (κ3) is 3.25. The van der Waals surface area contributed by atoms with E-state index in [1.807, 2.05) is 66.0 Å². The third-order valence-corrected chi connectivity index (χ3v) is 4.50. The van der Waals surface area contributed by atoms with Crippen LogP contribution in [0.3, 0.4) is 0 Å². The fourth-order valence-electron chi connectivity index (χ4n) is 3.05. The molecular formula is C21H20N6O. The molecule has 2 heterocycles. The Balaban J connectivity index is 1.74. The van der Waals surface area contributed by atoms with E-state index in [4.69, 9.17) is 5.73 Å². The van der Waals surface area contributed by atoms with Gasteiger partial charge in [0.05, 0.1) is 11.9 Å². The van der Waals surface area contributed by atoms with Crippen molar-refractivity contribution < 1.29 is 4.79 Å². The molecule has 0 atom stereocenters. The quantitative estimate of drug-likeness (QED) is 0.561. The zero-order chi connectivity index (χ0) is 19.7. The number of anilines is 3. The zero-order valence-corrected chi connectivity index (χ0v) is 15.6. The molecule has 7 heteroatoms. The molecule has 0 spiro atoms. The number of nitrogens with zero attached hydrogens (tertiary/aromatic N) is 4. The third-order valence-electron chi connectivity index (χ3n) is 4.50.